The summed E-state index contributed by atoms with van der Waals surface area (Å²) in [4.78, 5) is 0. The summed E-state index contributed by atoms with van der Waals surface area (Å²) < 4.78 is 25.1. The van der Waals surface area contributed by atoms with Gasteiger partial charge in [0.25, 0.3) is 0 Å². The van der Waals surface area contributed by atoms with Gasteiger partial charge in [-0.1, -0.05) is 0 Å². The van der Waals surface area contributed by atoms with Crippen LogP contribution in [0.3, 0.4) is 0 Å². The molecule has 0 fully saturated rings. The van der Waals surface area contributed by atoms with Crippen LogP contribution in [0.4, 0.5) is 4.39 Å². The standard InChI is InChI=1S/C15H20FNO2/c16-9-13-11-4-2-7-18-14(11)12(5-6-17)10-3-1-8-19-15(10)13/h1-9,17H2. The van der Waals surface area contributed by atoms with Gasteiger partial charge in [0.2, 0.25) is 0 Å². The molecule has 2 aliphatic heterocycles. The predicted molar refractivity (Wildman–Crippen MR) is 71.6 cm³/mol. The van der Waals surface area contributed by atoms with Crippen molar-refractivity contribution in [1.29, 1.82) is 0 Å². The number of hydrogen-bond donors (Lipinski definition) is 1. The molecule has 2 heterocycles. The lowest BCUT2D eigenvalue weighted by atomic mass is 9.88. The molecule has 1 aromatic rings. The Morgan fingerprint density at radius 2 is 1.53 bits per heavy atom. The maximum absolute atomic E-state index is 13.5. The molecule has 1 aromatic carbocycles. The number of benzene rings is 1. The van der Waals surface area contributed by atoms with Crippen molar-refractivity contribution >= 4 is 0 Å². The van der Waals surface area contributed by atoms with Gasteiger partial charge in [0.15, 0.2) is 0 Å². The third-order valence-electron chi connectivity index (χ3n) is 3.99. The predicted octanol–water partition coefficient (Wildman–Crippen LogP) is 2.31. The second-order valence-corrected chi connectivity index (χ2v) is 5.15. The number of rotatable bonds is 3. The minimum absolute atomic E-state index is 0.475. The Morgan fingerprint density at radius 1 is 0.947 bits per heavy atom. The number of nitrogens with two attached hydrogens (primary N) is 1. The summed E-state index contributed by atoms with van der Waals surface area (Å²) in [6, 6.07) is 0. The molecular weight excluding hydrogens is 245 g/mol. The molecule has 0 amide bonds. The lowest BCUT2D eigenvalue weighted by Gasteiger charge is -2.30. The van der Waals surface area contributed by atoms with E-state index in [1.807, 2.05) is 0 Å². The van der Waals surface area contributed by atoms with Gasteiger partial charge in [-0.05, 0) is 38.6 Å². The molecule has 0 saturated heterocycles. The molecule has 3 nitrogen and oxygen atoms in total. The van der Waals surface area contributed by atoms with Gasteiger partial charge in [-0.3, -0.25) is 0 Å². The first-order chi connectivity index (χ1) is 9.36. The molecule has 0 radical (unpaired) electrons. The molecule has 19 heavy (non-hydrogen) atoms. The lowest BCUT2D eigenvalue weighted by molar-refractivity contribution is 0.262. The van der Waals surface area contributed by atoms with Crippen LogP contribution in [0.1, 0.15) is 35.1 Å². The van der Waals surface area contributed by atoms with Crippen LogP contribution in [-0.2, 0) is 25.9 Å². The Labute approximate surface area is 112 Å². The topological polar surface area (TPSA) is 44.5 Å². The van der Waals surface area contributed by atoms with Crippen molar-refractivity contribution in [3.63, 3.8) is 0 Å². The number of hydrogen-bond acceptors (Lipinski definition) is 3. The van der Waals surface area contributed by atoms with Crippen molar-refractivity contribution in [3.05, 3.63) is 22.3 Å². The number of halogens is 1. The van der Waals surface area contributed by atoms with E-state index in [-0.39, 0.29) is 0 Å². The molecule has 4 heteroatoms. The monoisotopic (exact) mass is 265 g/mol. The third kappa shape index (κ3) is 2.08. The Kier molecular flexibility index (Phi) is 3.60. The Bertz CT molecular complexity index is 451. The van der Waals surface area contributed by atoms with Gasteiger partial charge in [-0.2, -0.15) is 0 Å². The Hall–Kier alpha value is -1.29. The maximum atomic E-state index is 13.5. The highest BCUT2D eigenvalue weighted by atomic mass is 19.1. The van der Waals surface area contributed by atoms with Crippen molar-refractivity contribution in [2.24, 2.45) is 5.73 Å². The molecule has 0 bridgehead atoms. The smallest absolute Gasteiger partial charge is 0.129 e. The van der Waals surface area contributed by atoms with Crippen LogP contribution in [0, 0.1) is 0 Å². The second kappa shape index (κ2) is 5.37. The molecule has 3 rings (SSSR count). The minimum Gasteiger partial charge on any atom is -0.493 e. The van der Waals surface area contributed by atoms with Crippen LogP contribution in [0.5, 0.6) is 11.5 Å². The second-order valence-electron chi connectivity index (χ2n) is 5.15. The summed E-state index contributed by atoms with van der Waals surface area (Å²) in [5, 5.41) is 0. The summed E-state index contributed by atoms with van der Waals surface area (Å²) in [6.07, 6.45) is 4.52. The van der Waals surface area contributed by atoms with Gasteiger partial charge < -0.3 is 15.2 Å². The van der Waals surface area contributed by atoms with E-state index in [0.717, 1.165) is 66.9 Å². The average molecular weight is 265 g/mol. The molecule has 0 aromatic heterocycles. The highest BCUT2D eigenvalue weighted by Crippen LogP contribution is 2.44. The van der Waals surface area contributed by atoms with E-state index in [0.29, 0.717) is 18.7 Å². The molecule has 0 spiro atoms. The maximum Gasteiger partial charge on any atom is 0.129 e. The van der Waals surface area contributed by atoms with E-state index in [1.54, 1.807) is 0 Å². The quantitative estimate of drug-likeness (QED) is 0.912. The normalized spacial score (nSPS) is 17.2. The van der Waals surface area contributed by atoms with E-state index in [9.17, 15) is 4.39 Å². The highest BCUT2D eigenvalue weighted by molar-refractivity contribution is 5.60. The molecule has 2 N–H and O–H groups in total. The minimum atomic E-state index is -0.475. The van der Waals surface area contributed by atoms with E-state index in [1.165, 1.54) is 0 Å². The molecule has 2 aliphatic rings. The fraction of sp³-hybridized carbons (Fsp3) is 0.600. The lowest BCUT2D eigenvalue weighted by Crippen LogP contribution is -2.20. The van der Waals surface area contributed by atoms with Crippen molar-refractivity contribution in [2.75, 3.05) is 19.8 Å². The van der Waals surface area contributed by atoms with Crippen LogP contribution in [0.2, 0.25) is 0 Å². The van der Waals surface area contributed by atoms with Gasteiger partial charge in [0.05, 0.1) is 13.2 Å². The van der Waals surface area contributed by atoms with E-state index < -0.39 is 6.67 Å². The Morgan fingerprint density at radius 3 is 2.11 bits per heavy atom. The molecule has 0 unspecified atom stereocenters. The molecule has 0 saturated carbocycles. The first-order valence-corrected chi connectivity index (χ1v) is 7.08. The third-order valence-corrected chi connectivity index (χ3v) is 3.99. The molecule has 104 valence electrons. The van der Waals surface area contributed by atoms with Crippen LogP contribution in [0.15, 0.2) is 0 Å². The van der Waals surface area contributed by atoms with Crippen molar-refractivity contribution < 1.29 is 13.9 Å². The molecule has 0 atom stereocenters. The first kappa shape index (κ1) is 12.7. The van der Waals surface area contributed by atoms with Crippen molar-refractivity contribution in [2.45, 2.75) is 38.8 Å². The zero-order valence-corrected chi connectivity index (χ0v) is 11.1. The number of ether oxygens (including phenoxy) is 2. The zero-order valence-electron chi connectivity index (χ0n) is 11.1. The van der Waals surface area contributed by atoms with Crippen LogP contribution >= 0.6 is 0 Å². The fourth-order valence-corrected chi connectivity index (χ4v) is 3.19. The van der Waals surface area contributed by atoms with Crippen LogP contribution in [-0.4, -0.2) is 19.8 Å². The molecular formula is C15H20FNO2. The highest BCUT2D eigenvalue weighted by Gasteiger charge is 2.28. The van der Waals surface area contributed by atoms with Gasteiger partial charge >= 0.3 is 0 Å². The van der Waals surface area contributed by atoms with E-state index in [2.05, 4.69) is 0 Å². The zero-order chi connectivity index (χ0) is 13.2. The van der Waals surface area contributed by atoms with Crippen LogP contribution in [0.25, 0.3) is 0 Å². The van der Waals surface area contributed by atoms with E-state index >= 15 is 0 Å². The summed E-state index contributed by atoms with van der Waals surface area (Å²) >= 11 is 0. The molecule has 0 aliphatic carbocycles. The largest absolute Gasteiger partial charge is 0.493 e. The summed E-state index contributed by atoms with van der Waals surface area (Å²) in [5.74, 6) is 1.68. The summed E-state index contributed by atoms with van der Waals surface area (Å²) in [7, 11) is 0. The Balaban J connectivity index is 2.22. The first-order valence-electron chi connectivity index (χ1n) is 7.08. The number of alkyl halides is 1. The van der Waals surface area contributed by atoms with Crippen molar-refractivity contribution in [3.8, 4) is 11.5 Å². The van der Waals surface area contributed by atoms with Gasteiger partial charge in [-0.25, -0.2) is 4.39 Å². The SMILES string of the molecule is NCCc1c2c(c(CF)c3c1OCCC3)OCCC2. The van der Waals surface area contributed by atoms with Crippen molar-refractivity contribution in [1.82, 2.24) is 0 Å². The summed E-state index contributed by atoms with van der Waals surface area (Å²) in [6.45, 7) is 1.51. The fourth-order valence-electron chi connectivity index (χ4n) is 3.19. The van der Waals surface area contributed by atoms with Gasteiger partial charge in [0, 0.05) is 22.3 Å². The summed E-state index contributed by atoms with van der Waals surface area (Å²) in [5.41, 5.74) is 9.74. The number of fused-ring (bicyclic) bond motifs is 2. The average Bonchev–Trinajstić information content (AvgIpc) is 2.47. The van der Waals surface area contributed by atoms with Gasteiger partial charge in [0.1, 0.15) is 18.2 Å². The van der Waals surface area contributed by atoms with Gasteiger partial charge in [-0.15, -0.1) is 0 Å². The van der Waals surface area contributed by atoms with Crippen LogP contribution < -0.4 is 15.2 Å². The van der Waals surface area contributed by atoms with E-state index in [4.69, 9.17) is 15.2 Å².